The molecule has 5 heteroatoms. The number of nitrogens with one attached hydrogen (secondary N) is 1. The highest BCUT2D eigenvalue weighted by Gasteiger charge is 2.21. The molecule has 0 saturated heterocycles. The van der Waals surface area contributed by atoms with Gasteiger partial charge in [-0.05, 0) is 43.0 Å². The van der Waals surface area contributed by atoms with Gasteiger partial charge in [0.15, 0.2) is 5.82 Å². The van der Waals surface area contributed by atoms with Crippen LogP contribution in [0.2, 0.25) is 0 Å². The number of nitrogens with zero attached hydrogens (tertiary/aromatic N) is 4. The van der Waals surface area contributed by atoms with Crippen LogP contribution >= 0.6 is 0 Å². The average Bonchev–Trinajstić information content (AvgIpc) is 3.21. The van der Waals surface area contributed by atoms with Crippen LogP contribution in [0.3, 0.4) is 0 Å². The van der Waals surface area contributed by atoms with Gasteiger partial charge in [-0.1, -0.05) is 36.4 Å². The number of rotatable bonds is 3. The summed E-state index contributed by atoms with van der Waals surface area (Å²) in [6, 6.07) is 17.1. The van der Waals surface area contributed by atoms with Crippen LogP contribution in [0.1, 0.15) is 17.0 Å². The third-order valence-corrected chi connectivity index (χ3v) is 4.98. The maximum atomic E-state index is 4.80. The fourth-order valence-electron chi connectivity index (χ4n) is 3.84. The summed E-state index contributed by atoms with van der Waals surface area (Å²) < 4.78 is 2.05. The standard InChI is InChI=1S/C21H19N5/c1-14-23-18-8-4-5-9-19(18)26(14)21-13-22-12-20(25-21)24-17-10-15-6-2-3-7-16(15)11-17/h2-9,12-13,17H,10-11H2,1H3,(H,24,25). The Morgan fingerprint density at radius 1 is 0.923 bits per heavy atom. The largest absolute Gasteiger partial charge is 0.365 e. The van der Waals surface area contributed by atoms with Gasteiger partial charge in [0.05, 0.1) is 23.4 Å². The Kier molecular flexibility index (Phi) is 3.45. The molecule has 2 aromatic carbocycles. The van der Waals surface area contributed by atoms with Crippen LogP contribution in [0.25, 0.3) is 16.9 Å². The lowest BCUT2D eigenvalue weighted by atomic mass is 10.1. The van der Waals surface area contributed by atoms with Crippen molar-refractivity contribution in [3.05, 3.63) is 77.9 Å². The quantitative estimate of drug-likeness (QED) is 0.617. The predicted octanol–water partition coefficient (Wildman–Crippen LogP) is 3.70. The van der Waals surface area contributed by atoms with Crippen LogP contribution in [0.15, 0.2) is 60.9 Å². The van der Waals surface area contributed by atoms with E-state index in [2.05, 4.69) is 50.2 Å². The van der Waals surface area contributed by atoms with Gasteiger partial charge >= 0.3 is 0 Å². The Hall–Kier alpha value is -3.21. The summed E-state index contributed by atoms with van der Waals surface area (Å²) in [5, 5.41) is 3.55. The topological polar surface area (TPSA) is 55.6 Å². The van der Waals surface area contributed by atoms with Crippen LogP contribution < -0.4 is 5.32 Å². The minimum absolute atomic E-state index is 0.359. The summed E-state index contributed by atoms with van der Waals surface area (Å²) >= 11 is 0. The molecule has 1 N–H and O–H groups in total. The lowest BCUT2D eigenvalue weighted by Gasteiger charge is -2.14. The van der Waals surface area contributed by atoms with E-state index in [0.717, 1.165) is 41.3 Å². The molecule has 5 nitrogen and oxygen atoms in total. The molecule has 0 bridgehead atoms. The van der Waals surface area contributed by atoms with Gasteiger partial charge in [0.2, 0.25) is 0 Å². The summed E-state index contributed by atoms with van der Waals surface area (Å²) in [6.07, 6.45) is 5.63. The second-order valence-electron chi connectivity index (χ2n) is 6.76. The van der Waals surface area contributed by atoms with Gasteiger partial charge in [-0.15, -0.1) is 0 Å². The Morgan fingerprint density at radius 2 is 1.65 bits per heavy atom. The smallest absolute Gasteiger partial charge is 0.159 e. The summed E-state index contributed by atoms with van der Waals surface area (Å²) in [6.45, 7) is 2.00. The summed E-state index contributed by atoms with van der Waals surface area (Å²) in [5.74, 6) is 2.50. The van der Waals surface area contributed by atoms with E-state index < -0.39 is 0 Å². The third-order valence-electron chi connectivity index (χ3n) is 4.98. The zero-order chi connectivity index (χ0) is 17.5. The van der Waals surface area contributed by atoms with Crippen molar-refractivity contribution in [1.29, 1.82) is 0 Å². The van der Waals surface area contributed by atoms with Crippen molar-refractivity contribution in [2.24, 2.45) is 0 Å². The lowest BCUT2D eigenvalue weighted by Crippen LogP contribution is -2.20. The van der Waals surface area contributed by atoms with Crippen LogP contribution in [0, 0.1) is 6.92 Å². The first kappa shape index (κ1) is 15.1. The van der Waals surface area contributed by atoms with Gasteiger partial charge in [0, 0.05) is 6.04 Å². The molecule has 26 heavy (non-hydrogen) atoms. The Labute approximate surface area is 151 Å². The molecule has 128 valence electrons. The molecule has 0 amide bonds. The minimum Gasteiger partial charge on any atom is -0.365 e. The molecule has 0 aliphatic heterocycles. The Morgan fingerprint density at radius 3 is 2.46 bits per heavy atom. The van der Waals surface area contributed by atoms with Crippen molar-refractivity contribution < 1.29 is 0 Å². The first-order valence-corrected chi connectivity index (χ1v) is 8.88. The van der Waals surface area contributed by atoms with E-state index in [-0.39, 0.29) is 0 Å². The van der Waals surface area contributed by atoms with Gasteiger partial charge in [0.1, 0.15) is 11.6 Å². The molecular formula is C21H19N5. The number of para-hydroxylation sites is 2. The third kappa shape index (κ3) is 2.52. The second-order valence-corrected chi connectivity index (χ2v) is 6.76. The van der Waals surface area contributed by atoms with Crippen molar-refractivity contribution >= 4 is 16.9 Å². The number of hydrogen-bond acceptors (Lipinski definition) is 4. The number of fused-ring (bicyclic) bond motifs is 2. The van der Waals surface area contributed by atoms with E-state index in [1.807, 2.05) is 25.1 Å². The Balaban J connectivity index is 1.46. The number of imidazole rings is 1. The molecular weight excluding hydrogens is 322 g/mol. The van der Waals surface area contributed by atoms with Crippen LogP contribution in [-0.4, -0.2) is 25.6 Å². The molecule has 0 atom stereocenters. The van der Waals surface area contributed by atoms with Crippen molar-refractivity contribution in [2.75, 3.05) is 5.32 Å². The van der Waals surface area contributed by atoms with Crippen molar-refractivity contribution in [3.8, 4) is 5.82 Å². The van der Waals surface area contributed by atoms with Crippen molar-refractivity contribution in [2.45, 2.75) is 25.8 Å². The van der Waals surface area contributed by atoms with E-state index in [4.69, 9.17) is 4.98 Å². The van der Waals surface area contributed by atoms with Crippen LogP contribution in [0.5, 0.6) is 0 Å². The first-order chi connectivity index (χ1) is 12.8. The molecule has 4 aromatic rings. The van der Waals surface area contributed by atoms with E-state index >= 15 is 0 Å². The minimum atomic E-state index is 0.359. The molecule has 5 rings (SSSR count). The SMILES string of the molecule is Cc1nc2ccccc2n1-c1cncc(NC2Cc3ccccc3C2)n1. The van der Waals surface area contributed by atoms with Gasteiger partial charge in [-0.25, -0.2) is 9.97 Å². The van der Waals surface area contributed by atoms with Crippen LogP contribution in [0.4, 0.5) is 5.82 Å². The van der Waals surface area contributed by atoms with Gasteiger partial charge in [-0.2, -0.15) is 0 Å². The number of aryl methyl sites for hydroxylation is 1. The van der Waals surface area contributed by atoms with Gasteiger partial charge in [-0.3, -0.25) is 9.55 Å². The zero-order valence-electron chi connectivity index (χ0n) is 14.6. The van der Waals surface area contributed by atoms with E-state index in [1.54, 1.807) is 12.4 Å². The van der Waals surface area contributed by atoms with E-state index in [1.165, 1.54) is 11.1 Å². The summed E-state index contributed by atoms with van der Waals surface area (Å²) in [7, 11) is 0. The highest BCUT2D eigenvalue weighted by Crippen LogP contribution is 2.25. The molecule has 0 fully saturated rings. The number of benzene rings is 2. The molecule has 0 unspecified atom stereocenters. The fourth-order valence-corrected chi connectivity index (χ4v) is 3.84. The Bertz CT molecular complexity index is 1070. The number of hydrogen-bond donors (Lipinski definition) is 1. The molecule has 0 radical (unpaired) electrons. The molecule has 1 aliphatic carbocycles. The van der Waals surface area contributed by atoms with Gasteiger partial charge in [0.25, 0.3) is 0 Å². The molecule has 0 spiro atoms. The van der Waals surface area contributed by atoms with Crippen molar-refractivity contribution in [1.82, 2.24) is 19.5 Å². The first-order valence-electron chi connectivity index (χ1n) is 8.88. The maximum absolute atomic E-state index is 4.80. The normalized spacial score (nSPS) is 13.9. The monoisotopic (exact) mass is 341 g/mol. The second kappa shape index (κ2) is 5.95. The maximum Gasteiger partial charge on any atom is 0.159 e. The highest BCUT2D eigenvalue weighted by molar-refractivity contribution is 5.77. The predicted molar refractivity (Wildman–Crippen MR) is 103 cm³/mol. The molecule has 2 aromatic heterocycles. The average molecular weight is 341 g/mol. The lowest BCUT2D eigenvalue weighted by molar-refractivity contribution is 0.765. The highest BCUT2D eigenvalue weighted by atomic mass is 15.2. The molecule has 1 aliphatic rings. The molecule has 2 heterocycles. The number of anilines is 1. The van der Waals surface area contributed by atoms with E-state index in [0.29, 0.717) is 6.04 Å². The fraction of sp³-hybridized carbons (Fsp3) is 0.190. The van der Waals surface area contributed by atoms with E-state index in [9.17, 15) is 0 Å². The summed E-state index contributed by atoms with van der Waals surface area (Å²) in [4.78, 5) is 13.8. The van der Waals surface area contributed by atoms with Crippen LogP contribution in [-0.2, 0) is 12.8 Å². The zero-order valence-corrected chi connectivity index (χ0v) is 14.6. The summed E-state index contributed by atoms with van der Waals surface area (Å²) in [5.41, 5.74) is 4.86. The molecule has 0 saturated carbocycles. The van der Waals surface area contributed by atoms with Crippen molar-refractivity contribution in [3.63, 3.8) is 0 Å². The van der Waals surface area contributed by atoms with Gasteiger partial charge < -0.3 is 5.32 Å². The number of aromatic nitrogens is 4.